The lowest BCUT2D eigenvalue weighted by molar-refractivity contribution is 0.249. The summed E-state index contributed by atoms with van der Waals surface area (Å²) in [5, 5.41) is 0. The van der Waals surface area contributed by atoms with E-state index in [2.05, 4.69) is 56.4 Å². The van der Waals surface area contributed by atoms with Crippen molar-refractivity contribution in [1.82, 2.24) is 4.98 Å². The lowest BCUT2D eigenvalue weighted by Gasteiger charge is -2.28. The van der Waals surface area contributed by atoms with E-state index in [1.807, 2.05) is 0 Å². The number of nitrogens with zero attached hydrogens (tertiary/aromatic N) is 1. The van der Waals surface area contributed by atoms with Gasteiger partial charge in [0.2, 0.25) is 0 Å². The first-order chi connectivity index (χ1) is 15.8. The van der Waals surface area contributed by atoms with Crippen LogP contribution in [0.4, 0.5) is 0 Å². The molecule has 0 aliphatic heterocycles. The van der Waals surface area contributed by atoms with Crippen LogP contribution in [0.1, 0.15) is 115 Å². The zero-order valence-electron chi connectivity index (χ0n) is 21.0. The Labute approximate surface area is 198 Å². The van der Waals surface area contributed by atoms with E-state index >= 15 is 0 Å². The van der Waals surface area contributed by atoms with Crippen LogP contribution < -0.4 is 0 Å². The summed E-state index contributed by atoms with van der Waals surface area (Å²) < 4.78 is 0. The van der Waals surface area contributed by atoms with Crippen molar-refractivity contribution in [2.45, 2.75) is 117 Å². The molecule has 1 aromatic heterocycles. The second kappa shape index (κ2) is 14.5. The van der Waals surface area contributed by atoms with E-state index < -0.39 is 0 Å². The lowest BCUT2D eigenvalue weighted by Crippen LogP contribution is -2.15. The molecule has 0 bridgehead atoms. The van der Waals surface area contributed by atoms with Crippen LogP contribution in [0.15, 0.2) is 42.6 Å². The molecule has 0 spiro atoms. The third-order valence-electron chi connectivity index (χ3n) is 7.67. The minimum absolute atomic E-state index is 0.937. The quantitative estimate of drug-likeness (QED) is 0.270. The molecule has 1 fully saturated rings. The zero-order chi connectivity index (χ0) is 22.4. The van der Waals surface area contributed by atoms with Crippen molar-refractivity contribution in [2.24, 2.45) is 11.8 Å². The molecule has 1 nitrogen and oxygen atoms in total. The van der Waals surface area contributed by atoms with E-state index in [1.54, 1.807) is 0 Å². The molecule has 0 unspecified atom stereocenters. The van der Waals surface area contributed by atoms with Gasteiger partial charge in [0.1, 0.15) is 0 Å². The summed E-state index contributed by atoms with van der Waals surface area (Å²) in [4.78, 5) is 4.79. The van der Waals surface area contributed by atoms with E-state index in [9.17, 15) is 0 Å². The van der Waals surface area contributed by atoms with E-state index in [-0.39, 0.29) is 0 Å². The number of hydrogen-bond acceptors (Lipinski definition) is 1. The molecule has 0 amide bonds. The van der Waals surface area contributed by atoms with Gasteiger partial charge in [0.05, 0.1) is 5.69 Å². The summed E-state index contributed by atoms with van der Waals surface area (Å²) in [6.45, 7) is 4.58. The second-order valence-electron chi connectivity index (χ2n) is 10.3. The van der Waals surface area contributed by atoms with Crippen LogP contribution in [0.5, 0.6) is 0 Å². The molecule has 176 valence electrons. The van der Waals surface area contributed by atoms with Crippen LogP contribution in [0, 0.1) is 11.8 Å². The van der Waals surface area contributed by atoms with Crippen molar-refractivity contribution < 1.29 is 0 Å². The summed E-state index contributed by atoms with van der Waals surface area (Å²) in [5.41, 5.74) is 5.21. The van der Waals surface area contributed by atoms with Gasteiger partial charge in [-0.3, -0.25) is 4.98 Å². The number of unbranched alkanes of at least 4 members (excludes halogenated alkanes) is 6. The maximum absolute atomic E-state index is 4.79. The average Bonchev–Trinajstić information content (AvgIpc) is 2.85. The van der Waals surface area contributed by atoms with Crippen LogP contribution in [-0.2, 0) is 12.8 Å². The summed E-state index contributed by atoms with van der Waals surface area (Å²) in [5.74, 6) is 1.96. The van der Waals surface area contributed by atoms with Crippen molar-refractivity contribution in [2.75, 3.05) is 0 Å². The predicted octanol–water partition coefficient (Wildman–Crippen LogP) is 9.58. The molecular weight excluding hydrogens is 386 g/mol. The van der Waals surface area contributed by atoms with Crippen LogP contribution in [0.25, 0.3) is 11.3 Å². The second-order valence-corrected chi connectivity index (χ2v) is 10.3. The third-order valence-corrected chi connectivity index (χ3v) is 7.67. The maximum atomic E-state index is 4.79. The van der Waals surface area contributed by atoms with Gasteiger partial charge in [-0.05, 0) is 54.7 Å². The molecule has 2 aromatic rings. The van der Waals surface area contributed by atoms with Gasteiger partial charge in [0.25, 0.3) is 0 Å². The Morgan fingerprint density at radius 2 is 1.25 bits per heavy atom. The van der Waals surface area contributed by atoms with E-state index in [1.165, 1.54) is 119 Å². The highest BCUT2D eigenvalue weighted by Crippen LogP contribution is 2.34. The molecule has 1 heterocycles. The fourth-order valence-corrected chi connectivity index (χ4v) is 5.38. The standard InChI is InChI=1S/C31H47N/c1-3-5-7-9-11-26-13-15-28(16-14-26)17-18-29-21-24-31(32-25-29)30-22-19-27(20-23-30)12-10-8-6-4-2/h19-26,28H,3-18H2,1-2H3/t26-,28-. The van der Waals surface area contributed by atoms with Crippen molar-refractivity contribution in [3.05, 3.63) is 53.7 Å². The van der Waals surface area contributed by atoms with Crippen LogP contribution >= 0.6 is 0 Å². The van der Waals surface area contributed by atoms with Crippen LogP contribution in [0.3, 0.4) is 0 Å². The van der Waals surface area contributed by atoms with Gasteiger partial charge in [-0.25, -0.2) is 0 Å². The molecule has 1 heteroatoms. The van der Waals surface area contributed by atoms with Gasteiger partial charge < -0.3 is 0 Å². The first-order valence-electron chi connectivity index (χ1n) is 13.8. The molecule has 0 N–H and O–H groups in total. The molecule has 1 aromatic carbocycles. The van der Waals surface area contributed by atoms with E-state index in [4.69, 9.17) is 4.98 Å². The minimum Gasteiger partial charge on any atom is -0.256 e. The summed E-state index contributed by atoms with van der Waals surface area (Å²) >= 11 is 0. The number of aryl methyl sites for hydroxylation is 2. The van der Waals surface area contributed by atoms with Crippen molar-refractivity contribution in [3.8, 4) is 11.3 Å². The van der Waals surface area contributed by atoms with Crippen LogP contribution in [-0.4, -0.2) is 4.98 Å². The SMILES string of the molecule is CCCCCCc1ccc(-c2ccc(CC[C@H]3CC[C@H](CCCCCC)CC3)cn2)cc1. The summed E-state index contributed by atoms with van der Waals surface area (Å²) in [6.07, 6.45) is 24.2. The minimum atomic E-state index is 0.937. The Balaban J connectivity index is 1.37. The molecule has 0 radical (unpaired) electrons. The highest BCUT2D eigenvalue weighted by Gasteiger charge is 2.20. The summed E-state index contributed by atoms with van der Waals surface area (Å²) in [7, 11) is 0. The Morgan fingerprint density at radius 1 is 0.625 bits per heavy atom. The highest BCUT2D eigenvalue weighted by atomic mass is 14.7. The Bertz CT molecular complexity index is 722. The monoisotopic (exact) mass is 433 g/mol. The number of pyridine rings is 1. The maximum Gasteiger partial charge on any atom is 0.0702 e. The predicted molar refractivity (Wildman–Crippen MR) is 140 cm³/mol. The van der Waals surface area contributed by atoms with E-state index in [0.717, 1.165) is 17.5 Å². The number of aromatic nitrogens is 1. The van der Waals surface area contributed by atoms with E-state index in [0.29, 0.717) is 0 Å². The normalized spacial score (nSPS) is 18.7. The molecule has 1 aliphatic rings. The largest absolute Gasteiger partial charge is 0.256 e. The Morgan fingerprint density at radius 3 is 1.88 bits per heavy atom. The molecule has 0 saturated heterocycles. The average molecular weight is 434 g/mol. The number of benzene rings is 1. The van der Waals surface area contributed by atoms with Crippen LogP contribution in [0.2, 0.25) is 0 Å². The van der Waals surface area contributed by atoms with Crippen molar-refractivity contribution in [3.63, 3.8) is 0 Å². The molecular formula is C31H47N. The Kier molecular flexibility index (Phi) is 11.3. The molecule has 3 rings (SSSR count). The smallest absolute Gasteiger partial charge is 0.0702 e. The fourth-order valence-electron chi connectivity index (χ4n) is 5.38. The van der Waals surface area contributed by atoms with Crippen molar-refractivity contribution >= 4 is 0 Å². The van der Waals surface area contributed by atoms with Gasteiger partial charge in [-0.15, -0.1) is 0 Å². The van der Waals surface area contributed by atoms with Gasteiger partial charge in [-0.1, -0.05) is 121 Å². The third kappa shape index (κ3) is 8.72. The molecule has 1 aliphatic carbocycles. The lowest BCUT2D eigenvalue weighted by atomic mass is 9.78. The number of hydrogen-bond donors (Lipinski definition) is 0. The fraction of sp³-hybridized carbons (Fsp3) is 0.645. The van der Waals surface area contributed by atoms with Gasteiger partial charge in [-0.2, -0.15) is 0 Å². The van der Waals surface area contributed by atoms with Crippen molar-refractivity contribution in [1.29, 1.82) is 0 Å². The summed E-state index contributed by atoms with van der Waals surface area (Å²) in [6, 6.07) is 13.6. The van der Waals surface area contributed by atoms with Gasteiger partial charge in [0, 0.05) is 11.8 Å². The van der Waals surface area contributed by atoms with Gasteiger partial charge in [0.15, 0.2) is 0 Å². The first kappa shape index (κ1) is 25.0. The first-order valence-corrected chi connectivity index (χ1v) is 13.8. The molecule has 32 heavy (non-hydrogen) atoms. The molecule has 0 atom stereocenters. The highest BCUT2D eigenvalue weighted by molar-refractivity contribution is 5.59. The zero-order valence-corrected chi connectivity index (χ0v) is 21.0. The Hall–Kier alpha value is -1.63. The van der Waals surface area contributed by atoms with Gasteiger partial charge >= 0.3 is 0 Å². The topological polar surface area (TPSA) is 12.9 Å². The number of rotatable bonds is 14. The molecule has 1 saturated carbocycles.